The Bertz CT molecular complexity index is 1190. The van der Waals surface area contributed by atoms with Gasteiger partial charge in [0.25, 0.3) is 0 Å². The molecule has 0 amide bonds. The first kappa shape index (κ1) is 24.8. The number of nitrogens with zero attached hydrogens (tertiary/aromatic N) is 3. The van der Waals surface area contributed by atoms with Crippen molar-refractivity contribution in [2.45, 2.75) is 70.0 Å². The normalized spacial score (nSPS) is 25.2. The third-order valence-corrected chi connectivity index (χ3v) is 6.61. The molecule has 2 unspecified atom stereocenters. The Hall–Kier alpha value is -3.36. The number of esters is 1. The molecule has 11 heteroatoms. The quantitative estimate of drug-likeness (QED) is 0.464. The van der Waals surface area contributed by atoms with Crippen molar-refractivity contribution in [1.29, 1.82) is 5.26 Å². The molecule has 0 N–H and O–H groups in total. The number of aromatic nitrogens is 2. The first-order valence-corrected chi connectivity index (χ1v) is 11.3. The second-order valence-electron chi connectivity index (χ2n) is 8.96. The lowest BCUT2D eigenvalue weighted by Gasteiger charge is -2.35. The fraction of sp³-hybridized carbons (Fsp3) is 0.583. The molecule has 2 aliphatic heterocycles. The van der Waals surface area contributed by atoms with Gasteiger partial charge in [0.05, 0.1) is 46.0 Å². The lowest BCUT2D eigenvalue weighted by Crippen LogP contribution is -2.47. The standard InChI is InChI=1S/C12H14N2O4.C12H13NO4/c1-8-14-9-6-17-7-12(4-3-5-13,10(9)18-8)11(15)16-2;1-7-13-9-5-16-6-12(11(9)17-7)3-2-8(14)4-10(12)15/h3-4,6-7H2,1-2H3;2-6H2,1H3. The Kier molecular flexibility index (Phi) is 6.87. The number of fused-ring (bicyclic) bond motifs is 3. The summed E-state index contributed by atoms with van der Waals surface area (Å²) >= 11 is 0. The molecule has 11 nitrogen and oxygen atoms in total. The molecule has 0 aromatic carbocycles. The lowest BCUT2D eigenvalue weighted by atomic mass is 9.70. The Labute approximate surface area is 201 Å². The van der Waals surface area contributed by atoms with Crippen LogP contribution in [0.5, 0.6) is 0 Å². The molecule has 1 fully saturated rings. The van der Waals surface area contributed by atoms with Crippen molar-refractivity contribution in [2.75, 3.05) is 20.3 Å². The number of ketones is 2. The molecular weight excluding hydrogens is 458 g/mol. The summed E-state index contributed by atoms with van der Waals surface area (Å²) in [6.45, 7) is 4.63. The zero-order chi connectivity index (χ0) is 25.2. The van der Waals surface area contributed by atoms with Crippen molar-refractivity contribution in [3.63, 3.8) is 0 Å². The third kappa shape index (κ3) is 4.39. The molecule has 1 aliphatic carbocycles. The van der Waals surface area contributed by atoms with Crippen LogP contribution in [0.1, 0.15) is 66.8 Å². The van der Waals surface area contributed by atoms with Crippen molar-refractivity contribution in [2.24, 2.45) is 0 Å². The zero-order valence-electron chi connectivity index (χ0n) is 20.0. The van der Waals surface area contributed by atoms with E-state index in [0.29, 0.717) is 73.8 Å². The minimum Gasteiger partial charge on any atom is -0.468 e. The molecule has 0 bridgehead atoms. The maximum absolute atomic E-state index is 12.2. The second kappa shape index (κ2) is 9.71. The highest BCUT2D eigenvalue weighted by molar-refractivity contribution is 6.06. The van der Waals surface area contributed by atoms with Crippen LogP contribution in [0.3, 0.4) is 0 Å². The van der Waals surface area contributed by atoms with Gasteiger partial charge in [-0.2, -0.15) is 5.26 Å². The highest BCUT2D eigenvalue weighted by atomic mass is 16.5. The molecule has 186 valence electrons. The predicted octanol–water partition coefficient (Wildman–Crippen LogP) is 2.30. The number of methoxy groups -OCH3 is 1. The van der Waals surface area contributed by atoms with Crippen LogP contribution in [0.2, 0.25) is 0 Å². The molecule has 5 rings (SSSR count). The topological polar surface area (TPSA) is 155 Å². The molecule has 2 aromatic heterocycles. The van der Waals surface area contributed by atoms with E-state index in [-0.39, 0.29) is 31.0 Å². The maximum Gasteiger partial charge on any atom is 0.322 e. The van der Waals surface area contributed by atoms with Crippen LogP contribution in [0.25, 0.3) is 0 Å². The van der Waals surface area contributed by atoms with E-state index in [9.17, 15) is 14.4 Å². The van der Waals surface area contributed by atoms with Crippen LogP contribution in [-0.2, 0) is 52.6 Å². The highest BCUT2D eigenvalue weighted by Crippen LogP contribution is 2.41. The largest absolute Gasteiger partial charge is 0.468 e. The lowest BCUT2D eigenvalue weighted by molar-refractivity contribution is -0.153. The van der Waals surface area contributed by atoms with Gasteiger partial charge in [0.15, 0.2) is 23.0 Å². The number of rotatable bonds is 3. The first-order valence-electron chi connectivity index (χ1n) is 11.3. The van der Waals surface area contributed by atoms with Crippen molar-refractivity contribution in [1.82, 2.24) is 9.97 Å². The number of carbonyl (C=O) groups is 3. The number of oxazole rings is 2. The fourth-order valence-electron chi connectivity index (χ4n) is 4.88. The van der Waals surface area contributed by atoms with Crippen LogP contribution >= 0.6 is 0 Å². The van der Waals surface area contributed by atoms with Gasteiger partial charge >= 0.3 is 5.97 Å². The molecule has 35 heavy (non-hydrogen) atoms. The summed E-state index contributed by atoms with van der Waals surface area (Å²) in [6, 6.07) is 2.03. The predicted molar refractivity (Wildman–Crippen MR) is 116 cm³/mol. The molecular formula is C24H27N3O8. The number of ether oxygens (including phenoxy) is 3. The van der Waals surface area contributed by atoms with E-state index in [2.05, 4.69) is 9.97 Å². The van der Waals surface area contributed by atoms with Crippen LogP contribution < -0.4 is 0 Å². The fourth-order valence-corrected chi connectivity index (χ4v) is 4.88. The Morgan fingerprint density at radius 1 is 1.06 bits per heavy atom. The highest BCUT2D eigenvalue weighted by Gasteiger charge is 2.51. The number of carbonyl (C=O) groups excluding carboxylic acids is 3. The van der Waals surface area contributed by atoms with Crippen molar-refractivity contribution >= 4 is 17.5 Å². The number of hydrogen-bond acceptors (Lipinski definition) is 11. The van der Waals surface area contributed by atoms with Crippen LogP contribution in [0.4, 0.5) is 0 Å². The van der Waals surface area contributed by atoms with E-state index in [1.165, 1.54) is 7.11 Å². The minimum atomic E-state index is -1.04. The van der Waals surface area contributed by atoms with Gasteiger partial charge in [-0.25, -0.2) is 9.97 Å². The van der Waals surface area contributed by atoms with Crippen LogP contribution in [0.15, 0.2) is 8.83 Å². The van der Waals surface area contributed by atoms with Gasteiger partial charge in [0.1, 0.15) is 34.1 Å². The molecule has 0 radical (unpaired) electrons. The van der Waals surface area contributed by atoms with Crippen LogP contribution in [-0.4, -0.2) is 47.8 Å². The summed E-state index contributed by atoms with van der Waals surface area (Å²) in [5.74, 6) is 1.59. The Balaban J connectivity index is 0.000000165. The van der Waals surface area contributed by atoms with Crippen LogP contribution in [0, 0.1) is 25.2 Å². The Morgan fingerprint density at radius 2 is 1.69 bits per heavy atom. The SMILES string of the molecule is COC(=O)C1(CCC#N)COCc2nc(C)oc21.Cc1nc2c(o1)C1(CCC(=O)CC1=O)COC2. The molecule has 1 saturated carbocycles. The summed E-state index contributed by atoms with van der Waals surface area (Å²) in [5, 5.41) is 8.73. The number of aryl methyl sites for hydroxylation is 2. The number of Topliss-reactive ketones (excluding diaryl/α,β-unsaturated/α-hetero) is 2. The van der Waals surface area contributed by atoms with E-state index in [1.807, 2.05) is 6.07 Å². The maximum atomic E-state index is 12.2. The first-order chi connectivity index (χ1) is 16.8. The van der Waals surface area contributed by atoms with Gasteiger partial charge in [-0.1, -0.05) is 0 Å². The van der Waals surface area contributed by atoms with E-state index >= 15 is 0 Å². The van der Waals surface area contributed by atoms with Crippen molar-refractivity contribution in [3.05, 3.63) is 34.7 Å². The average molecular weight is 485 g/mol. The van der Waals surface area contributed by atoms with Gasteiger partial charge in [0.2, 0.25) is 0 Å². The van der Waals surface area contributed by atoms with E-state index < -0.39 is 16.8 Å². The van der Waals surface area contributed by atoms with E-state index in [1.54, 1.807) is 13.8 Å². The minimum absolute atomic E-state index is 0.00369. The Morgan fingerprint density at radius 3 is 2.31 bits per heavy atom. The monoisotopic (exact) mass is 485 g/mol. The summed E-state index contributed by atoms with van der Waals surface area (Å²) in [7, 11) is 1.31. The van der Waals surface area contributed by atoms with Crippen molar-refractivity contribution < 1.29 is 37.4 Å². The summed E-state index contributed by atoms with van der Waals surface area (Å²) in [5.41, 5.74) is -0.485. The molecule has 2 aromatic rings. The number of nitriles is 1. The molecule has 1 spiro atoms. The zero-order valence-corrected chi connectivity index (χ0v) is 20.0. The summed E-state index contributed by atoms with van der Waals surface area (Å²) in [4.78, 5) is 44.0. The molecule has 3 aliphatic rings. The second-order valence-corrected chi connectivity index (χ2v) is 8.96. The smallest absolute Gasteiger partial charge is 0.322 e. The third-order valence-electron chi connectivity index (χ3n) is 6.61. The van der Waals surface area contributed by atoms with Gasteiger partial charge in [-0.3, -0.25) is 14.4 Å². The van der Waals surface area contributed by atoms with Gasteiger partial charge in [-0.05, 0) is 12.8 Å². The molecule has 4 heterocycles. The van der Waals surface area contributed by atoms with Gasteiger partial charge < -0.3 is 23.0 Å². The molecule has 0 saturated heterocycles. The number of hydrogen-bond donors (Lipinski definition) is 0. The van der Waals surface area contributed by atoms with E-state index in [4.69, 9.17) is 28.3 Å². The van der Waals surface area contributed by atoms with Crippen molar-refractivity contribution in [3.8, 4) is 6.07 Å². The van der Waals surface area contributed by atoms with E-state index in [0.717, 1.165) is 0 Å². The van der Waals surface area contributed by atoms with Gasteiger partial charge in [-0.15, -0.1) is 0 Å². The average Bonchev–Trinajstić information content (AvgIpc) is 3.42. The summed E-state index contributed by atoms with van der Waals surface area (Å²) in [6.07, 6.45) is 1.40. The molecule has 2 atom stereocenters. The summed E-state index contributed by atoms with van der Waals surface area (Å²) < 4.78 is 26.8. The van der Waals surface area contributed by atoms with Gasteiger partial charge in [0, 0.05) is 26.7 Å².